The van der Waals surface area contributed by atoms with Crippen molar-refractivity contribution in [2.45, 2.75) is 17.0 Å². The molecular formula is C13H10N6O5S. The monoisotopic (exact) mass is 362 g/mol. The third kappa shape index (κ3) is 3.19. The fraction of sp³-hybridized carbons (Fsp3) is 0.154. The number of non-ortho nitro benzene ring substituents is 1. The second-order valence-electron chi connectivity index (χ2n) is 4.58. The molecule has 12 heteroatoms. The first-order valence-electron chi connectivity index (χ1n) is 6.88. The number of hydrogen-bond acceptors (Lipinski definition) is 11. The van der Waals surface area contributed by atoms with Gasteiger partial charge in [0.05, 0.1) is 11.5 Å². The summed E-state index contributed by atoms with van der Waals surface area (Å²) in [6, 6.07) is 2.76. The third-order valence-electron chi connectivity index (χ3n) is 3.05. The van der Waals surface area contributed by atoms with Crippen LogP contribution >= 0.6 is 11.8 Å². The maximum atomic E-state index is 11.7. The summed E-state index contributed by atoms with van der Waals surface area (Å²) in [6.07, 6.45) is 1.26. The van der Waals surface area contributed by atoms with Crippen molar-refractivity contribution in [2.75, 3.05) is 12.3 Å². The van der Waals surface area contributed by atoms with Gasteiger partial charge in [-0.25, -0.2) is 19.4 Å². The molecular weight excluding hydrogens is 352 g/mol. The lowest BCUT2D eigenvalue weighted by molar-refractivity contribution is -0.383. The number of aromatic nitrogens is 4. The summed E-state index contributed by atoms with van der Waals surface area (Å²) in [6.45, 7) is 1.87. The van der Waals surface area contributed by atoms with Crippen LogP contribution in [0.15, 0.2) is 33.0 Å². The van der Waals surface area contributed by atoms with Crippen molar-refractivity contribution in [1.29, 1.82) is 0 Å². The molecule has 0 fully saturated rings. The molecule has 0 aliphatic rings. The number of nitrogens with zero attached hydrogens (tertiary/aromatic N) is 5. The van der Waals surface area contributed by atoms with Gasteiger partial charge in [0, 0.05) is 17.2 Å². The largest absolute Gasteiger partial charge is 0.462 e. The number of hydrogen-bond donors (Lipinski definition) is 1. The predicted octanol–water partition coefficient (Wildman–Crippen LogP) is 1.83. The first-order valence-corrected chi connectivity index (χ1v) is 7.70. The molecule has 0 aliphatic heterocycles. The van der Waals surface area contributed by atoms with Crippen LogP contribution < -0.4 is 5.73 Å². The maximum Gasteiger partial charge on any atom is 0.343 e. The molecule has 0 saturated carbocycles. The Kier molecular flexibility index (Phi) is 4.43. The molecule has 0 atom stereocenters. The molecule has 3 aromatic rings. The second kappa shape index (κ2) is 6.68. The van der Waals surface area contributed by atoms with Crippen molar-refractivity contribution >= 4 is 40.3 Å². The zero-order valence-electron chi connectivity index (χ0n) is 12.7. The van der Waals surface area contributed by atoms with Crippen LogP contribution in [0.3, 0.4) is 0 Å². The normalized spacial score (nSPS) is 10.8. The first kappa shape index (κ1) is 16.6. The molecule has 2 aromatic heterocycles. The van der Waals surface area contributed by atoms with Crippen LogP contribution in [0.2, 0.25) is 0 Å². The van der Waals surface area contributed by atoms with Crippen molar-refractivity contribution in [3.63, 3.8) is 0 Å². The van der Waals surface area contributed by atoms with Crippen molar-refractivity contribution in [3.05, 3.63) is 34.0 Å². The van der Waals surface area contributed by atoms with Gasteiger partial charge in [0.15, 0.2) is 10.7 Å². The van der Waals surface area contributed by atoms with E-state index in [4.69, 9.17) is 10.5 Å². The molecule has 3 rings (SSSR count). The number of esters is 1. The molecule has 0 radical (unpaired) electrons. The van der Waals surface area contributed by atoms with Gasteiger partial charge < -0.3 is 10.5 Å². The third-order valence-corrected chi connectivity index (χ3v) is 3.98. The van der Waals surface area contributed by atoms with E-state index in [0.717, 1.165) is 11.8 Å². The van der Waals surface area contributed by atoms with Gasteiger partial charge in [0.25, 0.3) is 0 Å². The maximum absolute atomic E-state index is 11.7. The van der Waals surface area contributed by atoms with E-state index in [0.29, 0.717) is 4.90 Å². The lowest BCUT2D eigenvalue weighted by Crippen LogP contribution is -2.10. The number of benzene rings is 1. The minimum Gasteiger partial charge on any atom is -0.462 e. The number of carbonyl (C=O) groups is 1. The molecule has 1 aromatic carbocycles. The van der Waals surface area contributed by atoms with Gasteiger partial charge in [-0.3, -0.25) is 10.1 Å². The van der Waals surface area contributed by atoms with E-state index in [1.54, 1.807) is 6.92 Å². The van der Waals surface area contributed by atoms with Crippen molar-refractivity contribution in [2.24, 2.45) is 0 Å². The number of nitro benzene ring substituents is 1. The SMILES string of the molecule is CCOC(=O)c1cnc(Sc2ccc([N+](=O)[O-])c3nonc23)nc1N. The number of ether oxygens (including phenoxy) is 1. The van der Waals surface area contributed by atoms with Crippen LogP contribution in [0.5, 0.6) is 0 Å². The van der Waals surface area contributed by atoms with Gasteiger partial charge in [-0.15, -0.1) is 0 Å². The van der Waals surface area contributed by atoms with Crippen molar-refractivity contribution in [1.82, 2.24) is 20.3 Å². The average Bonchev–Trinajstić information content (AvgIpc) is 3.05. The highest BCUT2D eigenvalue weighted by atomic mass is 32.2. The Morgan fingerprint density at radius 2 is 2.16 bits per heavy atom. The Hall–Kier alpha value is -3.28. The van der Waals surface area contributed by atoms with Crippen LogP contribution in [0.1, 0.15) is 17.3 Å². The van der Waals surface area contributed by atoms with Gasteiger partial charge in [-0.2, -0.15) is 0 Å². The molecule has 0 saturated heterocycles. The topological polar surface area (TPSA) is 160 Å². The fourth-order valence-corrected chi connectivity index (χ4v) is 2.76. The summed E-state index contributed by atoms with van der Waals surface area (Å²) in [7, 11) is 0. The van der Waals surface area contributed by atoms with Crippen LogP contribution in [0, 0.1) is 10.1 Å². The van der Waals surface area contributed by atoms with Crippen molar-refractivity contribution in [3.8, 4) is 0 Å². The van der Waals surface area contributed by atoms with Gasteiger partial charge >= 0.3 is 11.7 Å². The molecule has 0 bridgehead atoms. The second-order valence-corrected chi connectivity index (χ2v) is 5.58. The summed E-state index contributed by atoms with van der Waals surface area (Å²) < 4.78 is 9.44. The van der Waals surface area contributed by atoms with E-state index in [1.807, 2.05) is 0 Å². The van der Waals surface area contributed by atoms with Crippen molar-refractivity contribution < 1.29 is 19.1 Å². The summed E-state index contributed by atoms with van der Waals surface area (Å²) >= 11 is 1.05. The molecule has 0 unspecified atom stereocenters. The Bertz CT molecular complexity index is 975. The average molecular weight is 362 g/mol. The number of nitrogen functional groups attached to an aromatic ring is 1. The minimum atomic E-state index is -0.616. The zero-order valence-corrected chi connectivity index (χ0v) is 13.5. The zero-order chi connectivity index (χ0) is 18.0. The lowest BCUT2D eigenvalue weighted by atomic mass is 10.3. The molecule has 0 aliphatic carbocycles. The van der Waals surface area contributed by atoms with Gasteiger partial charge in [0.2, 0.25) is 5.52 Å². The van der Waals surface area contributed by atoms with Crippen LogP contribution in [-0.2, 0) is 4.74 Å². The Morgan fingerprint density at radius 1 is 1.40 bits per heavy atom. The van der Waals surface area contributed by atoms with E-state index in [-0.39, 0.29) is 39.9 Å². The molecule has 0 spiro atoms. The molecule has 128 valence electrons. The van der Waals surface area contributed by atoms with E-state index >= 15 is 0 Å². The summed E-state index contributed by atoms with van der Waals surface area (Å²) in [5.41, 5.74) is 5.82. The highest BCUT2D eigenvalue weighted by molar-refractivity contribution is 7.99. The number of carbonyl (C=O) groups excluding carboxylic acids is 1. The summed E-state index contributed by atoms with van der Waals surface area (Å²) in [5.74, 6) is -0.651. The smallest absolute Gasteiger partial charge is 0.343 e. The summed E-state index contributed by atoms with van der Waals surface area (Å²) in [4.78, 5) is 30.7. The minimum absolute atomic E-state index is 0.0196. The highest BCUT2D eigenvalue weighted by Crippen LogP contribution is 2.34. The van der Waals surface area contributed by atoms with Gasteiger partial charge in [0.1, 0.15) is 11.4 Å². The number of fused-ring (bicyclic) bond motifs is 1. The quantitative estimate of drug-likeness (QED) is 0.305. The molecule has 25 heavy (non-hydrogen) atoms. The first-order chi connectivity index (χ1) is 12.0. The molecule has 0 amide bonds. The van der Waals surface area contributed by atoms with Crippen LogP contribution in [-0.4, -0.2) is 37.8 Å². The van der Waals surface area contributed by atoms with Crippen LogP contribution in [0.4, 0.5) is 11.5 Å². The Balaban J connectivity index is 1.93. The van der Waals surface area contributed by atoms with Gasteiger partial charge in [-0.1, -0.05) is 0 Å². The molecule has 2 heterocycles. The fourth-order valence-electron chi connectivity index (χ4n) is 1.95. The lowest BCUT2D eigenvalue weighted by Gasteiger charge is -2.06. The number of nitro groups is 1. The van der Waals surface area contributed by atoms with E-state index in [1.165, 1.54) is 18.3 Å². The molecule has 2 N–H and O–H groups in total. The Morgan fingerprint density at radius 3 is 2.84 bits per heavy atom. The van der Waals surface area contributed by atoms with Crippen LogP contribution in [0.25, 0.3) is 11.0 Å². The highest BCUT2D eigenvalue weighted by Gasteiger charge is 2.21. The Labute approximate surface area is 143 Å². The van der Waals surface area contributed by atoms with E-state index in [9.17, 15) is 14.9 Å². The van der Waals surface area contributed by atoms with Gasteiger partial charge in [-0.05, 0) is 35.1 Å². The number of anilines is 1. The predicted molar refractivity (Wildman–Crippen MR) is 85.0 cm³/mol. The number of nitrogens with two attached hydrogens (primary N) is 1. The summed E-state index contributed by atoms with van der Waals surface area (Å²) in [5, 5.41) is 18.4. The van der Waals surface area contributed by atoms with E-state index in [2.05, 4.69) is 24.9 Å². The standard InChI is InChI=1S/C13H10N6O5S/c1-2-23-12(20)6-5-15-13(16-11(6)14)25-8-4-3-7(19(21)22)9-10(8)18-24-17-9/h3-5H,2H2,1H3,(H2,14,15,16). The number of rotatable bonds is 5. The molecule has 11 nitrogen and oxygen atoms in total. The van der Waals surface area contributed by atoms with E-state index < -0.39 is 10.9 Å².